The molecule has 0 aliphatic carbocycles. The van der Waals surface area contributed by atoms with Crippen LogP contribution >= 0.6 is 11.6 Å². The summed E-state index contributed by atoms with van der Waals surface area (Å²) in [5.74, 6) is -0.259. The van der Waals surface area contributed by atoms with Crippen molar-refractivity contribution in [3.8, 4) is 17.7 Å². The molecule has 8 heteroatoms. The fourth-order valence-electron chi connectivity index (χ4n) is 2.94. The number of pyridine rings is 1. The van der Waals surface area contributed by atoms with E-state index in [1.54, 1.807) is 72.9 Å². The summed E-state index contributed by atoms with van der Waals surface area (Å²) in [5, 5.41) is 12.6. The highest BCUT2D eigenvalue weighted by atomic mass is 35.5. The summed E-state index contributed by atoms with van der Waals surface area (Å²) in [6.07, 6.45) is 2.72. The number of nitriles is 1. The number of nitrogens with zero attached hydrogens (tertiary/aromatic N) is 3. The Morgan fingerprint density at radius 1 is 1.09 bits per heavy atom. The van der Waals surface area contributed by atoms with Crippen LogP contribution in [-0.2, 0) is 4.79 Å². The first-order valence-corrected chi connectivity index (χ1v) is 9.86. The van der Waals surface area contributed by atoms with Gasteiger partial charge in [-0.3, -0.25) is 14.0 Å². The van der Waals surface area contributed by atoms with E-state index in [4.69, 9.17) is 16.3 Å². The van der Waals surface area contributed by atoms with Gasteiger partial charge in [-0.15, -0.1) is 0 Å². The Kier molecular flexibility index (Phi) is 5.97. The maximum atomic E-state index is 13.2. The normalized spacial score (nSPS) is 11.1. The molecule has 0 aliphatic rings. The van der Waals surface area contributed by atoms with Crippen LogP contribution in [0.15, 0.2) is 89.4 Å². The Morgan fingerprint density at radius 3 is 2.62 bits per heavy atom. The van der Waals surface area contributed by atoms with Gasteiger partial charge in [-0.2, -0.15) is 10.2 Å². The molecule has 4 aromatic rings. The zero-order valence-electron chi connectivity index (χ0n) is 16.5. The van der Waals surface area contributed by atoms with Crippen LogP contribution in [0, 0.1) is 11.3 Å². The van der Waals surface area contributed by atoms with Crippen LogP contribution in [0.25, 0.3) is 11.7 Å². The van der Waals surface area contributed by atoms with Crippen molar-refractivity contribution in [1.82, 2.24) is 9.38 Å². The van der Waals surface area contributed by atoms with Gasteiger partial charge in [0.25, 0.3) is 11.5 Å². The number of hydrogen-bond acceptors (Lipinski definition) is 5. The molecule has 0 saturated heterocycles. The van der Waals surface area contributed by atoms with Crippen molar-refractivity contribution < 1.29 is 9.53 Å². The second-order valence-corrected chi connectivity index (χ2v) is 7.05. The monoisotopic (exact) mass is 442 g/mol. The molecule has 2 aromatic heterocycles. The molecule has 0 saturated carbocycles. The number of hydrogen-bond donors (Lipinski definition) is 1. The quantitative estimate of drug-likeness (QED) is 0.357. The van der Waals surface area contributed by atoms with Crippen LogP contribution in [0.5, 0.6) is 11.6 Å². The Morgan fingerprint density at radius 2 is 1.88 bits per heavy atom. The summed E-state index contributed by atoms with van der Waals surface area (Å²) in [6.45, 7) is 0. The summed E-state index contributed by atoms with van der Waals surface area (Å²) in [4.78, 5) is 30.3. The van der Waals surface area contributed by atoms with Crippen molar-refractivity contribution in [1.29, 1.82) is 5.26 Å². The van der Waals surface area contributed by atoms with Gasteiger partial charge in [0.15, 0.2) is 0 Å². The summed E-state index contributed by atoms with van der Waals surface area (Å²) in [6, 6.07) is 22.2. The van der Waals surface area contributed by atoms with Gasteiger partial charge in [0.2, 0.25) is 5.88 Å². The molecule has 0 bridgehead atoms. The third-order valence-electron chi connectivity index (χ3n) is 4.43. The maximum Gasteiger partial charge on any atom is 0.269 e. The Labute approximate surface area is 187 Å². The largest absolute Gasteiger partial charge is 0.438 e. The maximum absolute atomic E-state index is 13.2. The lowest BCUT2D eigenvalue weighted by molar-refractivity contribution is -0.112. The number of amides is 1. The number of carbonyl (C=O) groups is 1. The molecule has 0 radical (unpaired) electrons. The Bertz CT molecular complexity index is 1440. The lowest BCUT2D eigenvalue weighted by Gasteiger charge is -2.10. The molecule has 1 N–H and O–H groups in total. The van der Waals surface area contributed by atoms with E-state index in [1.807, 2.05) is 12.1 Å². The lowest BCUT2D eigenvalue weighted by atomic mass is 10.1. The fourth-order valence-corrected chi connectivity index (χ4v) is 3.13. The lowest BCUT2D eigenvalue weighted by Crippen LogP contribution is -2.20. The standard InChI is InChI=1S/C24H15ClN4O3/c25-17-7-6-8-18(14-17)27-22(30)16(15-26)13-20-23(32-19-9-2-1-3-10-19)28-21-11-4-5-12-29(21)24(20)31/h1-14H,(H,27,30)/b16-13+. The average Bonchev–Trinajstić information content (AvgIpc) is 2.80. The highest BCUT2D eigenvalue weighted by Crippen LogP contribution is 2.24. The van der Waals surface area contributed by atoms with E-state index in [0.717, 1.165) is 0 Å². The molecule has 2 aromatic carbocycles. The molecule has 4 rings (SSSR count). The fraction of sp³-hybridized carbons (Fsp3) is 0. The number of aromatic nitrogens is 2. The first-order chi connectivity index (χ1) is 15.5. The van der Waals surface area contributed by atoms with Gasteiger partial charge in [0.05, 0.1) is 0 Å². The number of halogens is 1. The van der Waals surface area contributed by atoms with Crippen LogP contribution in [0.3, 0.4) is 0 Å². The van der Waals surface area contributed by atoms with Crippen LogP contribution in [0.1, 0.15) is 5.56 Å². The summed E-state index contributed by atoms with van der Waals surface area (Å²) >= 11 is 5.95. The van der Waals surface area contributed by atoms with Crippen molar-refractivity contribution in [2.75, 3.05) is 5.32 Å². The molecular weight excluding hydrogens is 428 g/mol. The van der Waals surface area contributed by atoms with Crippen LogP contribution in [0.2, 0.25) is 5.02 Å². The second-order valence-electron chi connectivity index (χ2n) is 6.61. The van der Waals surface area contributed by atoms with Crippen molar-refractivity contribution in [2.45, 2.75) is 0 Å². The topological polar surface area (TPSA) is 96.5 Å². The van der Waals surface area contributed by atoms with Crippen molar-refractivity contribution in [3.63, 3.8) is 0 Å². The third kappa shape index (κ3) is 4.51. The number of fused-ring (bicyclic) bond motifs is 1. The van der Waals surface area contributed by atoms with Crippen LogP contribution in [0.4, 0.5) is 5.69 Å². The third-order valence-corrected chi connectivity index (χ3v) is 4.66. The minimum atomic E-state index is -0.696. The molecule has 1 amide bonds. The van der Waals surface area contributed by atoms with Crippen molar-refractivity contribution in [2.24, 2.45) is 0 Å². The van der Waals surface area contributed by atoms with Gasteiger partial charge in [-0.1, -0.05) is 41.9 Å². The van der Waals surface area contributed by atoms with E-state index < -0.39 is 11.5 Å². The molecule has 32 heavy (non-hydrogen) atoms. The van der Waals surface area contributed by atoms with E-state index in [2.05, 4.69) is 10.3 Å². The molecule has 0 unspecified atom stereocenters. The predicted octanol–water partition coefficient (Wildman–Crippen LogP) is 4.69. The van der Waals surface area contributed by atoms with Gasteiger partial charge >= 0.3 is 0 Å². The number of nitrogens with one attached hydrogen (secondary N) is 1. The highest BCUT2D eigenvalue weighted by molar-refractivity contribution is 6.31. The smallest absolute Gasteiger partial charge is 0.269 e. The minimum absolute atomic E-state index is 0.0179. The van der Waals surface area contributed by atoms with Gasteiger partial charge in [-0.05, 0) is 48.5 Å². The zero-order chi connectivity index (χ0) is 22.5. The predicted molar refractivity (Wildman–Crippen MR) is 122 cm³/mol. The molecule has 2 heterocycles. The van der Waals surface area contributed by atoms with E-state index in [9.17, 15) is 14.9 Å². The summed E-state index contributed by atoms with van der Waals surface area (Å²) < 4.78 is 7.14. The molecule has 0 fully saturated rings. The zero-order valence-corrected chi connectivity index (χ0v) is 17.3. The van der Waals surface area contributed by atoms with Crippen LogP contribution < -0.4 is 15.6 Å². The van der Waals surface area contributed by atoms with E-state index in [-0.39, 0.29) is 17.0 Å². The van der Waals surface area contributed by atoms with Gasteiger partial charge < -0.3 is 10.1 Å². The van der Waals surface area contributed by atoms with Gasteiger partial charge in [0.1, 0.15) is 28.6 Å². The summed E-state index contributed by atoms with van der Waals surface area (Å²) in [7, 11) is 0. The molecule has 0 atom stereocenters. The Balaban J connectivity index is 1.80. The SMILES string of the molecule is N#C/C(=C\c1c(Oc2ccccc2)nc2ccccn2c1=O)C(=O)Nc1cccc(Cl)c1. The van der Waals surface area contributed by atoms with E-state index >= 15 is 0 Å². The first kappa shape index (κ1) is 20.8. The van der Waals surface area contributed by atoms with Gasteiger partial charge in [0, 0.05) is 16.9 Å². The molecule has 156 valence electrons. The molecule has 7 nitrogen and oxygen atoms in total. The number of carbonyl (C=O) groups excluding carboxylic acids is 1. The minimum Gasteiger partial charge on any atom is -0.438 e. The number of para-hydroxylation sites is 1. The Hall–Kier alpha value is -4.41. The number of ether oxygens (including phenoxy) is 1. The second kappa shape index (κ2) is 9.16. The number of anilines is 1. The molecule has 0 spiro atoms. The summed E-state index contributed by atoms with van der Waals surface area (Å²) in [5.41, 5.74) is -0.0295. The van der Waals surface area contributed by atoms with Gasteiger partial charge in [-0.25, -0.2) is 0 Å². The van der Waals surface area contributed by atoms with Crippen molar-refractivity contribution in [3.05, 3.63) is 106 Å². The highest BCUT2D eigenvalue weighted by Gasteiger charge is 2.17. The number of rotatable bonds is 5. The number of benzene rings is 2. The van der Waals surface area contributed by atoms with E-state index in [0.29, 0.717) is 22.1 Å². The van der Waals surface area contributed by atoms with E-state index in [1.165, 1.54) is 10.5 Å². The van der Waals surface area contributed by atoms with Crippen LogP contribution in [-0.4, -0.2) is 15.3 Å². The van der Waals surface area contributed by atoms with Crippen molar-refractivity contribution >= 4 is 34.9 Å². The molecular formula is C24H15ClN4O3. The first-order valence-electron chi connectivity index (χ1n) is 9.48. The molecule has 0 aliphatic heterocycles. The average molecular weight is 443 g/mol.